The largest absolute Gasteiger partial charge is 0.394 e. The second-order valence-electron chi connectivity index (χ2n) is 5.44. The summed E-state index contributed by atoms with van der Waals surface area (Å²) in [6.45, 7) is 0.980. The molecule has 0 bridgehead atoms. The molecule has 1 unspecified atom stereocenters. The minimum atomic E-state index is -2.90. The topological polar surface area (TPSA) is 92.7 Å². The predicted molar refractivity (Wildman–Crippen MR) is 77.5 cm³/mol. The van der Waals surface area contributed by atoms with E-state index in [0.29, 0.717) is 32.5 Å². The summed E-state index contributed by atoms with van der Waals surface area (Å²) in [4.78, 5) is 12.0. The van der Waals surface area contributed by atoms with Gasteiger partial charge in [-0.15, -0.1) is 11.8 Å². The molecule has 2 fully saturated rings. The molecule has 0 aromatic rings. The Morgan fingerprint density at radius 1 is 1.40 bits per heavy atom. The molecule has 2 aliphatic heterocycles. The van der Waals surface area contributed by atoms with Gasteiger partial charge in [-0.2, -0.15) is 0 Å². The SMILES string of the molecule is O=C(CSC1CCS(=O)(=O)C1)NC1(CO)CCOCC1. The first-order chi connectivity index (χ1) is 9.45. The lowest BCUT2D eigenvalue weighted by molar-refractivity contribution is -0.122. The number of amides is 1. The van der Waals surface area contributed by atoms with Crippen LogP contribution in [0.3, 0.4) is 0 Å². The van der Waals surface area contributed by atoms with Gasteiger partial charge < -0.3 is 15.2 Å². The highest BCUT2D eigenvalue weighted by molar-refractivity contribution is 8.02. The van der Waals surface area contributed by atoms with Crippen molar-refractivity contribution in [1.29, 1.82) is 0 Å². The summed E-state index contributed by atoms with van der Waals surface area (Å²) in [6.07, 6.45) is 1.84. The number of nitrogens with one attached hydrogen (secondary N) is 1. The van der Waals surface area contributed by atoms with Gasteiger partial charge in [-0.3, -0.25) is 4.79 Å². The number of hydrogen-bond donors (Lipinski definition) is 2. The van der Waals surface area contributed by atoms with Gasteiger partial charge in [-0.1, -0.05) is 0 Å². The maximum atomic E-state index is 12.0. The van der Waals surface area contributed by atoms with Gasteiger partial charge in [-0.25, -0.2) is 8.42 Å². The normalized spacial score (nSPS) is 28.1. The average Bonchev–Trinajstić information content (AvgIpc) is 2.77. The number of carbonyl (C=O) groups is 1. The Balaban J connectivity index is 1.77. The summed E-state index contributed by atoms with van der Waals surface area (Å²) in [5.74, 6) is 0.493. The van der Waals surface area contributed by atoms with Crippen molar-refractivity contribution >= 4 is 27.5 Å². The van der Waals surface area contributed by atoms with E-state index in [0.717, 1.165) is 0 Å². The summed E-state index contributed by atoms with van der Waals surface area (Å²) in [6, 6.07) is 0. The van der Waals surface area contributed by atoms with Gasteiger partial charge in [0.2, 0.25) is 5.91 Å². The Labute approximate surface area is 123 Å². The van der Waals surface area contributed by atoms with Crippen molar-refractivity contribution in [2.45, 2.75) is 30.1 Å². The highest BCUT2D eigenvalue weighted by Gasteiger charge is 2.34. The predicted octanol–water partition coefficient (Wildman–Crippen LogP) is -0.436. The van der Waals surface area contributed by atoms with Crippen LogP contribution in [0.5, 0.6) is 0 Å². The van der Waals surface area contributed by atoms with Crippen molar-refractivity contribution in [2.75, 3.05) is 37.1 Å². The van der Waals surface area contributed by atoms with E-state index in [1.807, 2.05) is 0 Å². The van der Waals surface area contributed by atoms with E-state index < -0.39 is 15.4 Å². The molecule has 2 aliphatic rings. The number of ether oxygens (including phenoxy) is 1. The van der Waals surface area contributed by atoms with E-state index in [1.54, 1.807) is 0 Å². The van der Waals surface area contributed by atoms with Gasteiger partial charge >= 0.3 is 0 Å². The summed E-state index contributed by atoms with van der Waals surface area (Å²) in [7, 11) is -2.90. The minimum Gasteiger partial charge on any atom is -0.394 e. The number of carbonyl (C=O) groups excluding carboxylic acids is 1. The van der Waals surface area contributed by atoms with Crippen molar-refractivity contribution in [1.82, 2.24) is 5.32 Å². The summed E-state index contributed by atoms with van der Waals surface area (Å²) in [5.41, 5.74) is -0.572. The molecular formula is C12H21NO5S2. The molecule has 1 amide bonds. The number of aliphatic hydroxyl groups excluding tert-OH is 1. The quantitative estimate of drug-likeness (QED) is 0.713. The highest BCUT2D eigenvalue weighted by Crippen LogP contribution is 2.25. The van der Waals surface area contributed by atoms with E-state index in [2.05, 4.69) is 5.32 Å². The molecule has 0 aromatic heterocycles. The maximum Gasteiger partial charge on any atom is 0.230 e. The molecule has 0 radical (unpaired) electrons. The van der Waals surface area contributed by atoms with E-state index >= 15 is 0 Å². The molecule has 0 aromatic carbocycles. The van der Waals surface area contributed by atoms with Gasteiger partial charge in [0.05, 0.1) is 29.4 Å². The second kappa shape index (κ2) is 6.64. The molecule has 2 rings (SSSR count). The number of hydrogen-bond acceptors (Lipinski definition) is 6. The van der Waals surface area contributed by atoms with Crippen LogP contribution < -0.4 is 5.32 Å². The van der Waals surface area contributed by atoms with Gasteiger partial charge in [0.25, 0.3) is 0 Å². The third-order valence-corrected chi connectivity index (χ3v) is 7.08. The standard InChI is InChI=1S/C12H21NO5S2/c14-9-12(2-4-18-5-3-12)13-11(15)7-19-10-1-6-20(16,17)8-10/h10,14H,1-9H2,(H,13,15). The zero-order chi connectivity index (χ0) is 14.6. The van der Waals surface area contributed by atoms with E-state index in [9.17, 15) is 18.3 Å². The first kappa shape index (κ1) is 16.1. The van der Waals surface area contributed by atoms with Crippen LogP contribution in [0.1, 0.15) is 19.3 Å². The van der Waals surface area contributed by atoms with Gasteiger partial charge in [0.15, 0.2) is 9.84 Å². The first-order valence-electron chi connectivity index (χ1n) is 6.76. The number of thioether (sulfide) groups is 1. The van der Waals surface area contributed by atoms with Crippen molar-refractivity contribution in [2.24, 2.45) is 0 Å². The Kier molecular flexibility index (Phi) is 5.33. The van der Waals surface area contributed by atoms with Crippen LogP contribution in [0.4, 0.5) is 0 Å². The van der Waals surface area contributed by atoms with Crippen molar-refractivity contribution in [3.63, 3.8) is 0 Å². The van der Waals surface area contributed by atoms with Crippen LogP contribution >= 0.6 is 11.8 Å². The zero-order valence-electron chi connectivity index (χ0n) is 11.3. The van der Waals surface area contributed by atoms with Crippen LogP contribution in [-0.2, 0) is 19.4 Å². The monoisotopic (exact) mass is 323 g/mol. The van der Waals surface area contributed by atoms with Crippen molar-refractivity contribution in [3.05, 3.63) is 0 Å². The Bertz CT molecular complexity index is 445. The fourth-order valence-electron chi connectivity index (χ4n) is 2.50. The van der Waals surface area contributed by atoms with Crippen LogP contribution in [0.15, 0.2) is 0 Å². The molecule has 20 heavy (non-hydrogen) atoms. The molecule has 2 saturated heterocycles. The number of sulfone groups is 1. The minimum absolute atomic E-state index is 0.0190. The molecule has 1 atom stereocenters. The second-order valence-corrected chi connectivity index (χ2v) is 8.95. The van der Waals surface area contributed by atoms with E-state index in [1.165, 1.54) is 11.8 Å². The van der Waals surface area contributed by atoms with Crippen molar-refractivity contribution < 1.29 is 23.1 Å². The average molecular weight is 323 g/mol. The van der Waals surface area contributed by atoms with Crippen LogP contribution in [0.2, 0.25) is 0 Å². The lowest BCUT2D eigenvalue weighted by atomic mass is 9.91. The number of rotatable bonds is 5. The van der Waals surface area contributed by atoms with Crippen molar-refractivity contribution in [3.8, 4) is 0 Å². The van der Waals surface area contributed by atoms with Crippen LogP contribution in [0.25, 0.3) is 0 Å². The van der Waals surface area contributed by atoms with Crippen LogP contribution in [-0.4, -0.2) is 67.3 Å². The molecule has 116 valence electrons. The molecule has 2 N–H and O–H groups in total. The van der Waals surface area contributed by atoms with E-state index in [-0.39, 0.29) is 35.0 Å². The smallest absolute Gasteiger partial charge is 0.230 e. The lowest BCUT2D eigenvalue weighted by Crippen LogP contribution is -2.55. The molecule has 0 spiro atoms. The van der Waals surface area contributed by atoms with Gasteiger partial charge in [0, 0.05) is 18.5 Å². The summed E-state index contributed by atoms with van der Waals surface area (Å²) < 4.78 is 27.9. The third kappa shape index (κ3) is 4.34. The molecular weight excluding hydrogens is 302 g/mol. The lowest BCUT2D eigenvalue weighted by Gasteiger charge is -2.36. The highest BCUT2D eigenvalue weighted by atomic mass is 32.2. The third-order valence-electron chi connectivity index (χ3n) is 3.80. The Hall–Kier alpha value is -0.310. The summed E-state index contributed by atoms with van der Waals surface area (Å²) in [5, 5.41) is 12.4. The number of aliphatic hydroxyl groups is 1. The fourth-order valence-corrected chi connectivity index (χ4v) is 5.95. The molecule has 8 heteroatoms. The molecule has 0 saturated carbocycles. The Morgan fingerprint density at radius 2 is 2.10 bits per heavy atom. The van der Waals surface area contributed by atoms with Crippen LogP contribution in [0, 0.1) is 0 Å². The van der Waals surface area contributed by atoms with Gasteiger partial charge in [-0.05, 0) is 19.3 Å². The molecule has 2 heterocycles. The first-order valence-corrected chi connectivity index (χ1v) is 9.63. The van der Waals surface area contributed by atoms with Gasteiger partial charge in [0.1, 0.15) is 0 Å². The molecule has 6 nitrogen and oxygen atoms in total. The zero-order valence-corrected chi connectivity index (χ0v) is 13.0. The maximum absolute atomic E-state index is 12.0. The fraction of sp³-hybridized carbons (Fsp3) is 0.917. The summed E-state index contributed by atoms with van der Waals surface area (Å²) >= 11 is 1.39. The van der Waals surface area contributed by atoms with E-state index in [4.69, 9.17) is 4.74 Å². The Morgan fingerprint density at radius 3 is 2.65 bits per heavy atom. The molecule has 0 aliphatic carbocycles.